The number of ether oxygens (including phenoxy) is 1. The molecule has 0 radical (unpaired) electrons. The van der Waals surface area contributed by atoms with E-state index in [9.17, 15) is 10.2 Å². The first kappa shape index (κ1) is 15.6. The minimum atomic E-state index is -0.251. The lowest BCUT2D eigenvalue weighted by atomic mass is 9.79. The van der Waals surface area contributed by atoms with E-state index in [0.717, 1.165) is 37.9 Å². The summed E-state index contributed by atoms with van der Waals surface area (Å²) in [5, 5.41) is 20.6. The van der Waals surface area contributed by atoms with E-state index in [-0.39, 0.29) is 17.9 Å². The smallest absolute Gasteiger partial charge is 0.160 e. The molecular formula is C18H27NO3. The summed E-state index contributed by atoms with van der Waals surface area (Å²) in [5.74, 6) is 1.72. The number of methoxy groups -OCH3 is 1. The lowest BCUT2D eigenvalue weighted by molar-refractivity contribution is -0.0191. The van der Waals surface area contributed by atoms with Crippen molar-refractivity contribution in [2.24, 2.45) is 11.8 Å². The Morgan fingerprint density at radius 2 is 2.14 bits per heavy atom. The maximum absolute atomic E-state index is 10.5. The number of benzene rings is 1. The van der Waals surface area contributed by atoms with E-state index < -0.39 is 0 Å². The lowest BCUT2D eigenvalue weighted by Gasteiger charge is -2.46. The second kappa shape index (κ2) is 6.09. The maximum Gasteiger partial charge on any atom is 0.160 e. The van der Waals surface area contributed by atoms with E-state index in [0.29, 0.717) is 17.6 Å². The van der Waals surface area contributed by atoms with Gasteiger partial charge in [-0.05, 0) is 54.4 Å². The molecule has 0 aliphatic carbocycles. The molecule has 0 spiro atoms. The fourth-order valence-corrected chi connectivity index (χ4v) is 4.11. The van der Waals surface area contributed by atoms with Crippen LogP contribution in [0.3, 0.4) is 0 Å². The van der Waals surface area contributed by atoms with Crippen LogP contribution in [0.2, 0.25) is 0 Å². The zero-order valence-electron chi connectivity index (χ0n) is 13.7. The predicted molar refractivity (Wildman–Crippen MR) is 86.2 cm³/mol. The third-order valence-corrected chi connectivity index (χ3v) is 5.16. The Hall–Kier alpha value is -1.26. The average Bonchev–Trinajstić information content (AvgIpc) is 2.47. The second-order valence-electron chi connectivity index (χ2n) is 7.18. The molecule has 4 nitrogen and oxygen atoms in total. The van der Waals surface area contributed by atoms with Gasteiger partial charge in [0.2, 0.25) is 0 Å². The van der Waals surface area contributed by atoms with Crippen LogP contribution in [-0.4, -0.2) is 41.4 Å². The number of hydrogen-bond donors (Lipinski definition) is 2. The van der Waals surface area contributed by atoms with Crippen LogP contribution in [0.4, 0.5) is 0 Å². The quantitative estimate of drug-likeness (QED) is 0.901. The monoisotopic (exact) mass is 305 g/mol. The van der Waals surface area contributed by atoms with Gasteiger partial charge in [0.25, 0.3) is 0 Å². The Morgan fingerprint density at radius 3 is 2.82 bits per heavy atom. The zero-order valence-corrected chi connectivity index (χ0v) is 13.7. The van der Waals surface area contributed by atoms with Gasteiger partial charge in [-0.3, -0.25) is 4.90 Å². The van der Waals surface area contributed by atoms with Gasteiger partial charge in [0, 0.05) is 19.1 Å². The van der Waals surface area contributed by atoms with Gasteiger partial charge in [-0.25, -0.2) is 0 Å². The Bertz CT molecular complexity index is 543. The van der Waals surface area contributed by atoms with Crippen LogP contribution in [0.5, 0.6) is 11.5 Å². The van der Waals surface area contributed by atoms with E-state index in [1.807, 2.05) is 12.1 Å². The van der Waals surface area contributed by atoms with E-state index >= 15 is 0 Å². The van der Waals surface area contributed by atoms with Gasteiger partial charge in [-0.1, -0.05) is 13.8 Å². The fourth-order valence-electron chi connectivity index (χ4n) is 4.11. The minimum absolute atomic E-state index is 0.196. The van der Waals surface area contributed by atoms with Crippen LogP contribution in [0.25, 0.3) is 0 Å². The van der Waals surface area contributed by atoms with Crippen LogP contribution in [0, 0.1) is 11.8 Å². The number of aliphatic hydroxyl groups is 1. The van der Waals surface area contributed by atoms with Crippen molar-refractivity contribution < 1.29 is 14.9 Å². The normalized spacial score (nSPS) is 28.3. The third-order valence-electron chi connectivity index (χ3n) is 5.16. The first-order valence-corrected chi connectivity index (χ1v) is 8.31. The highest BCUT2D eigenvalue weighted by atomic mass is 16.5. The van der Waals surface area contributed by atoms with E-state index in [2.05, 4.69) is 18.7 Å². The number of phenols is 1. The number of rotatable bonds is 3. The number of piperidine rings is 1. The predicted octanol–water partition coefficient (Wildman–Crippen LogP) is 2.73. The Morgan fingerprint density at radius 1 is 1.36 bits per heavy atom. The molecule has 4 heteroatoms. The molecule has 122 valence electrons. The number of nitrogens with zero attached hydrogens (tertiary/aromatic N) is 1. The van der Waals surface area contributed by atoms with Crippen molar-refractivity contribution in [2.75, 3.05) is 20.2 Å². The van der Waals surface area contributed by atoms with Gasteiger partial charge in [0.1, 0.15) is 0 Å². The average molecular weight is 305 g/mol. The Kier molecular flexibility index (Phi) is 4.33. The van der Waals surface area contributed by atoms with E-state index in [1.54, 1.807) is 7.11 Å². The number of aliphatic hydroxyl groups excluding tert-OH is 1. The van der Waals surface area contributed by atoms with Gasteiger partial charge in [0.15, 0.2) is 11.5 Å². The van der Waals surface area contributed by atoms with Gasteiger partial charge in [0.05, 0.1) is 13.2 Å². The highest BCUT2D eigenvalue weighted by molar-refractivity contribution is 5.48. The molecule has 3 rings (SSSR count). The molecular weight excluding hydrogens is 278 g/mol. The van der Waals surface area contributed by atoms with Crippen LogP contribution < -0.4 is 4.74 Å². The summed E-state index contributed by atoms with van der Waals surface area (Å²) >= 11 is 0. The topological polar surface area (TPSA) is 52.9 Å². The molecule has 1 fully saturated rings. The van der Waals surface area contributed by atoms with Crippen molar-refractivity contribution in [1.82, 2.24) is 4.90 Å². The Labute approximate surface area is 132 Å². The molecule has 3 atom stereocenters. The molecule has 0 amide bonds. The minimum Gasteiger partial charge on any atom is -0.504 e. The summed E-state index contributed by atoms with van der Waals surface area (Å²) in [7, 11) is 1.58. The van der Waals surface area contributed by atoms with Crippen LogP contribution in [0.1, 0.15) is 43.9 Å². The molecule has 2 aliphatic heterocycles. The molecule has 2 unspecified atom stereocenters. The number of fused-ring (bicyclic) bond motifs is 3. The molecule has 0 bridgehead atoms. The molecule has 22 heavy (non-hydrogen) atoms. The van der Waals surface area contributed by atoms with Gasteiger partial charge in [-0.15, -0.1) is 0 Å². The lowest BCUT2D eigenvalue weighted by Crippen LogP contribution is -2.48. The fraction of sp³-hybridized carbons (Fsp3) is 0.667. The molecule has 2 heterocycles. The summed E-state index contributed by atoms with van der Waals surface area (Å²) in [5.41, 5.74) is 2.40. The van der Waals surface area contributed by atoms with Crippen molar-refractivity contribution in [3.63, 3.8) is 0 Å². The van der Waals surface area contributed by atoms with Crippen LogP contribution in [-0.2, 0) is 6.42 Å². The standard InChI is InChI=1S/C18H27NO3/c1-11(2)6-13-10-19-5-4-12-7-18(22-3)17(21)8-14(12)15(19)9-16(13)20/h7-8,11,13,15-16,20-21H,4-6,9-10H2,1-3H3/t13-,15?,16?/m0/s1. The van der Waals surface area contributed by atoms with Crippen molar-refractivity contribution >= 4 is 0 Å². The zero-order chi connectivity index (χ0) is 15.9. The van der Waals surface area contributed by atoms with E-state index in [4.69, 9.17) is 4.74 Å². The number of aromatic hydroxyl groups is 1. The van der Waals surface area contributed by atoms with Crippen molar-refractivity contribution in [3.05, 3.63) is 23.3 Å². The van der Waals surface area contributed by atoms with Crippen LogP contribution >= 0.6 is 0 Å². The summed E-state index contributed by atoms with van der Waals surface area (Å²) in [4.78, 5) is 2.48. The van der Waals surface area contributed by atoms with Gasteiger partial charge >= 0.3 is 0 Å². The molecule has 1 saturated heterocycles. The summed E-state index contributed by atoms with van der Waals surface area (Å²) in [6, 6.07) is 4.01. The largest absolute Gasteiger partial charge is 0.504 e. The SMILES string of the molecule is COc1cc2c(cc1O)C1CC(O)[C@@H](CC(C)C)CN1CC2. The molecule has 0 aromatic heterocycles. The molecule has 0 saturated carbocycles. The molecule has 1 aromatic rings. The number of phenolic OH excluding ortho intramolecular Hbond substituents is 1. The molecule has 2 aliphatic rings. The first-order chi connectivity index (χ1) is 10.5. The van der Waals surface area contributed by atoms with Crippen molar-refractivity contribution in [1.29, 1.82) is 0 Å². The second-order valence-corrected chi connectivity index (χ2v) is 7.18. The Balaban J connectivity index is 1.85. The van der Waals surface area contributed by atoms with E-state index in [1.165, 1.54) is 5.56 Å². The van der Waals surface area contributed by atoms with Gasteiger partial charge < -0.3 is 14.9 Å². The van der Waals surface area contributed by atoms with Crippen molar-refractivity contribution in [2.45, 2.75) is 45.3 Å². The maximum atomic E-state index is 10.5. The first-order valence-electron chi connectivity index (χ1n) is 8.31. The number of hydrogen-bond acceptors (Lipinski definition) is 4. The molecule has 1 aromatic carbocycles. The summed E-state index contributed by atoms with van der Waals surface area (Å²) in [6.45, 7) is 6.41. The summed E-state index contributed by atoms with van der Waals surface area (Å²) in [6.07, 6.45) is 2.56. The third kappa shape index (κ3) is 2.82. The highest BCUT2D eigenvalue weighted by Gasteiger charge is 2.38. The summed E-state index contributed by atoms with van der Waals surface area (Å²) < 4.78 is 5.22. The van der Waals surface area contributed by atoms with Crippen LogP contribution in [0.15, 0.2) is 12.1 Å². The molecule has 2 N–H and O–H groups in total. The van der Waals surface area contributed by atoms with Gasteiger partial charge in [-0.2, -0.15) is 0 Å². The van der Waals surface area contributed by atoms with Crippen molar-refractivity contribution in [3.8, 4) is 11.5 Å². The highest BCUT2D eigenvalue weighted by Crippen LogP contribution is 2.43.